The Morgan fingerprint density at radius 1 is 1.17 bits per heavy atom. The van der Waals surface area contributed by atoms with Crippen LogP contribution in [0.4, 0.5) is 0 Å². The summed E-state index contributed by atoms with van der Waals surface area (Å²) in [5.41, 5.74) is 0. The van der Waals surface area contributed by atoms with Crippen LogP contribution in [0.2, 0.25) is 0 Å². The van der Waals surface area contributed by atoms with Gasteiger partial charge in [0.15, 0.2) is 6.29 Å². The summed E-state index contributed by atoms with van der Waals surface area (Å²) in [4.78, 5) is 0. The Morgan fingerprint density at radius 2 is 1.75 bits per heavy atom. The third kappa shape index (κ3) is 22.5. The lowest BCUT2D eigenvalue weighted by Gasteiger charge is -1.94. The molecule has 3 nitrogen and oxygen atoms in total. The third-order valence-corrected chi connectivity index (χ3v) is 1.25. The second-order valence-corrected chi connectivity index (χ2v) is 2.62. The molecular weight excluding hydrogens is 156 g/mol. The van der Waals surface area contributed by atoms with Crippen LogP contribution in [0.15, 0.2) is 0 Å². The van der Waals surface area contributed by atoms with Crippen LogP contribution < -0.4 is 0 Å². The highest BCUT2D eigenvalue weighted by atomic mass is 16.5. The topological polar surface area (TPSA) is 49.7 Å². The van der Waals surface area contributed by atoms with E-state index < -0.39 is 6.29 Å². The molecule has 76 valence electrons. The van der Waals surface area contributed by atoms with E-state index in [2.05, 4.69) is 6.92 Å². The van der Waals surface area contributed by atoms with Crippen LogP contribution in [0.3, 0.4) is 0 Å². The molecule has 0 aromatic heterocycles. The molecule has 3 heteroatoms. The van der Waals surface area contributed by atoms with Crippen LogP contribution in [0.1, 0.15) is 39.5 Å². The summed E-state index contributed by atoms with van der Waals surface area (Å²) in [5, 5.41) is 16.2. The molecule has 0 aliphatic rings. The first-order valence-electron chi connectivity index (χ1n) is 4.54. The Morgan fingerprint density at radius 3 is 1.83 bits per heavy atom. The predicted octanol–water partition coefficient (Wildman–Crippen LogP) is 1.53. The fraction of sp³-hybridized carbons (Fsp3) is 1.00. The molecule has 0 heterocycles. The fourth-order valence-corrected chi connectivity index (χ4v) is 0.547. The highest BCUT2D eigenvalue weighted by Gasteiger charge is 1.89. The van der Waals surface area contributed by atoms with Gasteiger partial charge in [-0.15, -0.1) is 0 Å². The number of methoxy groups -OCH3 is 1. The first kappa shape index (κ1) is 14.4. The molecule has 0 aliphatic carbocycles. The van der Waals surface area contributed by atoms with Crippen LogP contribution in [0, 0.1) is 0 Å². The predicted molar refractivity (Wildman–Crippen MR) is 49.9 cm³/mol. The Labute approximate surface area is 75.4 Å². The maximum atomic E-state index is 8.11. The molecule has 0 aromatic carbocycles. The lowest BCUT2D eigenvalue weighted by molar-refractivity contribution is -0.0453. The van der Waals surface area contributed by atoms with E-state index in [-0.39, 0.29) is 0 Å². The largest absolute Gasteiger partial charge is 0.385 e. The standard InChI is InChI=1S/C5H12O.C4H10O2/c1-3-4-5-6-2;1-2-3-4(5)6/h3-5H2,1-2H3;4-6H,2-3H2,1H3. The van der Waals surface area contributed by atoms with Gasteiger partial charge in [-0.3, -0.25) is 0 Å². The van der Waals surface area contributed by atoms with Gasteiger partial charge in [0.25, 0.3) is 0 Å². The number of aliphatic hydroxyl groups is 2. The number of aliphatic hydroxyl groups excluding tert-OH is 1. The van der Waals surface area contributed by atoms with Crippen molar-refractivity contribution in [3.8, 4) is 0 Å². The van der Waals surface area contributed by atoms with Crippen molar-refractivity contribution in [1.29, 1.82) is 0 Å². The summed E-state index contributed by atoms with van der Waals surface area (Å²) < 4.78 is 4.78. The molecule has 0 rings (SSSR count). The van der Waals surface area contributed by atoms with Crippen LogP contribution in [0.25, 0.3) is 0 Å². The zero-order chi connectivity index (χ0) is 9.82. The van der Waals surface area contributed by atoms with Gasteiger partial charge in [0.1, 0.15) is 0 Å². The van der Waals surface area contributed by atoms with Gasteiger partial charge in [0.2, 0.25) is 0 Å². The van der Waals surface area contributed by atoms with Crippen LogP contribution >= 0.6 is 0 Å². The second-order valence-electron chi connectivity index (χ2n) is 2.62. The van der Waals surface area contributed by atoms with E-state index in [1.165, 1.54) is 12.8 Å². The van der Waals surface area contributed by atoms with Crippen LogP contribution in [-0.2, 0) is 4.74 Å². The Kier molecular flexibility index (Phi) is 16.2. The first-order valence-corrected chi connectivity index (χ1v) is 4.54. The highest BCUT2D eigenvalue weighted by molar-refractivity contribution is 4.31. The van der Waals surface area contributed by atoms with Crippen LogP contribution in [0.5, 0.6) is 0 Å². The summed E-state index contributed by atoms with van der Waals surface area (Å²) in [5.74, 6) is 0. The van der Waals surface area contributed by atoms with Gasteiger partial charge in [-0.1, -0.05) is 26.7 Å². The zero-order valence-electron chi connectivity index (χ0n) is 8.42. The van der Waals surface area contributed by atoms with E-state index in [1.54, 1.807) is 7.11 Å². The minimum Gasteiger partial charge on any atom is -0.385 e. The molecule has 0 aliphatic heterocycles. The third-order valence-electron chi connectivity index (χ3n) is 1.25. The number of hydrogen-bond donors (Lipinski definition) is 2. The Bertz CT molecular complexity index is 60.8. The number of hydrogen-bond acceptors (Lipinski definition) is 3. The van der Waals surface area contributed by atoms with Crippen molar-refractivity contribution in [3.63, 3.8) is 0 Å². The molecule has 0 unspecified atom stereocenters. The van der Waals surface area contributed by atoms with E-state index in [0.717, 1.165) is 13.0 Å². The zero-order valence-corrected chi connectivity index (χ0v) is 8.42. The van der Waals surface area contributed by atoms with E-state index in [0.29, 0.717) is 6.42 Å². The number of unbranched alkanes of at least 4 members (excludes halogenated alkanes) is 1. The smallest absolute Gasteiger partial charge is 0.151 e. The molecule has 0 saturated carbocycles. The SMILES string of the molecule is CCCC(O)O.CCCCOC. The molecule has 0 saturated heterocycles. The van der Waals surface area contributed by atoms with Crippen molar-refractivity contribution < 1.29 is 14.9 Å². The van der Waals surface area contributed by atoms with Gasteiger partial charge in [0.05, 0.1) is 0 Å². The van der Waals surface area contributed by atoms with Crippen molar-refractivity contribution in [2.24, 2.45) is 0 Å². The minimum atomic E-state index is -1.10. The molecule has 0 bridgehead atoms. The van der Waals surface area contributed by atoms with Gasteiger partial charge in [0, 0.05) is 13.7 Å². The van der Waals surface area contributed by atoms with E-state index in [4.69, 9.17) is 14.9 Å². The fourth-order valence-electron chi connectivity index (χ4n) is 0.547. The van der Waals surface area contributed by atoms with Gasteiger partial charge < -0.3 is 14.9 Å². The quantitative estimate of drug-likeness (QED) is 0.496. The van der Waals surface area contributed by atoms with Crippen molar-refractivity contribution in [2.75, 3.05) is 13.7 Å². The summed E-state index contributed by atoms with van der Waals surface area (Å²) in [6, 6.07) is 0. The summed E-state index contributed by atoms with van der Waals surface area (Å²) in [6.45, 7) is 4.97. The molecular formula is C9H22O3. The molecule has 12 heavy (non-hydrogen) atoms. The van der Waals surface area contributed by atoms with Gasteiger partial charge in [-0.05, 0) is 12.8 Å². The maximum Gasteiger partial charge on any atom is 0.151 e. The first-order chi connectivity index (χ1) is 5.68. The molecule has 0 aromatic rings. The molecule has 2 N–H and O–H groups in total. The van der Waals surface area contributed by atoms with Crippen molar-refractivity contribution >= 4 is 0 Å². The Hall–Kier alpha value is -0.120. The van der Waals surface area contributed by atoms with Crippen LogP contribution in [-0.4, -0.2) is 30.2 Å². The van der Waals surface area contributed by atoms with Crippen molar-refractivity contribution in [1.82, 2.24) is 0 Å². The lowest BCUT2D eigenvalue weighted by Crippen LogP contribution is -2.01. The molecule has 0 atom stereocenters. The lowest BCUT2D eigenvalue weighted by atomic mass is 10.3. The minimum absolute atomic E-state index is 0.486. The normalized spacial score (nSPS) is 9.50. The van der Waals surface area contributed by atoms with Gasteiger partial charge in [-0.2, -0.15) is 0 Å². The van der Waals surface area contributed by atoms with E-state index in [9.17, 15) is 0 Å². The van der Waals surface area contributed by atoms with Crippen molar-refractivity contribution in [3.05, 3.63) is 0 Å². The Balaban J connectivity index is 0. The van der Waals surface area contributed by atoms with Gasteiger partial charge >= 0.3 is 0 Å². The van der Waals surface area contributed by atoms with E-state index >= 15 is 0 Å². The second kappa shape index (κ2) is 13.5. The monoisotopic (exact) mass is 178 g/mol. The maximum absolute atomic E-state index is 8.11. The highest BCUT2D eigenvalue weighted by Crippen LogP contribution is 1.88. The van der Waals surface area contributed by atoms with Crippen molar-refractivity contribution in [2.45, 2.75) is 45.8 Å². The molecule has 0 fully saturated rings. The summed E-state index contributed by atoms with van der Waals surface area (Å²) in [7, 11) is 1.73. The number of ether oxygens (including phenoxy) is 1. The molecule has 0 amide bonds. The average molecular weight is 178 g/mol. The summed E-state index contributed by atoms with van der Waals surface area (Å²) in [6.07, 6.45) is 2.64. The van der Waals surface area contributed by atoms with Gasteiger partial charge in [-0.25, -0.2) is 0 Å². The average Bonchev–Trinajstić information content (AvgIpc) is 2.02. The van der Waals surface area contributed by atoms with E-state index in [1.807, 2.05) is 6.92 Å². The summed E-state index contributed by atoms with van der Waals surface area (Å²) >= 11 is 0. The molecule has 0 spiro atoms. The molecule has 0 radical (unpaired) electrons. The number of rotatable bonds is 5.